The summed E-state index contributed by atoms with van der Waals surface area (Å²) in [6.45, 7) is 1.52. The molecule has 0 spiro atoms. The molecule has 3 nitrogen and oxygen atoms in total. The number of rotatable bonds is 5. The molecular weight excluding hydrogens is 192 g/mol. The van der Waals surface area contributed by atoms with Crippen molar-refractivity contribution in [3.8, 4) is 5.75 Å². The van der Waals surface area contributed by atoms with Crippen LogP contribution in [-0.4, -0.2) is 19.2 Å². The molecule has 1 rings (SSSR count). The molecule has 3 heteroatoms. The van der Waals surface area contributed by atoms with E-state index in [4.69, 9.17) is 4.74 Å². The third-order valence-corrected chi connectivity index (χ3v) is 2.22. The van der Waals surface area contributed by atoms with Gasteiger partial charge in [-0.2, -0.15) is 0 Å². The van der Waals surface area contributed by atoms with Crippen LogP contribution in [0.15, 0.2) is 18.2 Å². The fourth-order valence-corrected chi connectivity index (χ4v) is 1.41. The van der Waals surface area contributed by atoms with Gasteiger partial charge in [0.1, 0.15) is 12.0 Å². The summed E-state index contributed by atoms with van der Waals surface area (Å²) in [6, 6.07) is 5.27. The summed E-state index contributed by atoms with van der Waals surface area (Å²) in [5.74, 6) is 0.742. The summed E-state index contributed by atoms with van der Waals surface area (Å²) >= 11 is 0. The highest BCUT2D eigenvalue weighted by Crippen LogP contribution is 2.21. The lowest BCUT2D eigenvalue weighted by atomic mass is 10.0. The Bertz CT molecular complexity index is 369. The molecule has 0 N–H and O–H groups in total. The Balaban J connectivity index is 3.01. The van der Waals surface area contributed by atoms with Crippen molar-refractivity contribution in [2.75, 3.05) is 7.11 Å². The molecule has 0 amide bonds. The number of benzene rings is 1. The van der Waals surface area contributed by atoms with Crippen LogP contribution in [0.5, 0.6) is 5.75 Å². The maximum absolute atomic E-state index is 11.2. The molecule has 0 radical (unpaired) electrons. The number of carbonyl (C=O) groups is 2. The summed E-state index contributed by atoms with van der Waals surface area (Å²) in [5, 5.41) is 0. The smallest absolute Gasteiger partial charge is 0.159 e. The summed E-state index contributed by atoms with van der Waals surface area (Å²) in [4.78, 5) is 21.4. The number of aryl methyl sites for hydroxylation is 1. The van der Waals surface area contributed by atoms with E-state index in [1.165, 1.54) is 6.92 Å². The fourth-order valence-electron chi connectivity index (χ4n) is 1.41. The largest absolute Gasteiger partial charge is 0.496 e. The lowest BCUT2D eigenvalue weighted by Gasteiger charge is -2.08. The number of carbonyl (C=O) groups excluding carboxylic acids is 2. The second-order valence-electron chi connectivity index (χ2n) is 3.29. The maximum Gasteiger partial charge on any atom is 0.159 e. The number of hydrogen-bond acceptors (Lipinski definition) is 3. The topological polar surface area (TPSA) is 43.4 Å². The van der Waals surface area contributed by atoms with Gasteiger partial charge in [0.25, 0.3) is 0 Å². The van der Waals surface area contributed by atoms with Gasteiger partial charge in [-0.15, -0.1) is 0 Å². The van der Waals surface area contributed by atoms with Crippen molar-refractivity contribution >= 4 is 12.1 Å². The van der Waals surface area contributed by atoms with E-state index < -0.39 is 0 Å². The highest BCUT2D eigenvalue weighted by molar-refractivity contribution is 5.94. The Kier molecular flexibility index (Phi) is 4.03. The average molecular weight is 206 g/mol. The first kappa shape index (κ1) is 11.4. The lowest BCUT2D eigenvalue weighted by Crippen LogP contribution is -1.98. The number of hydrogen-bond donors (Lipinski definition) is 0. The zero-order valence-electron chi connectivity index (χ0n) is 8.95. The van der Waals surface area contributed by atoms with Gasteiger partial charge < -0.3 is 9.53 Å². The van der Waals surface area contributed by atoms with E-state index in [1.54, 1.807) is 25.3 Å². The van der Waals surface area contributed by atoms with Crippen molar-refractivity contribution < 1.29 is 14.3 Å². The number of methoxy groups -OCH3 is 1. The molecular formula is C12H14O3. The first-order valence-corrected chi connectivity index (χ1v) is 4.80. The van der Waals surface area contributed by atoms with Gasteiger partial charge in [-0.25, -0.2) is 0 Å². The van der Waals surface area contributed by atoms with Crippen LogP contribution in [-0.2, 0) is 11.2 Å². The van der Waals surface area contributed by atoms with E-state index in [0.717, 1.165) is 17.6 Å². The van der Waals surface area contributed by atoms with E-state index in [1.807, 2.05) is 0 Å². The molecule has 0 aliphatic rings. The molecule has 80 valence electrons. The van der Waals surface area contributed by atoms with Gasteiger partial charge in [0, 0.05) is 12.0 Å². The highest BCUT2D eigenvalue weighted by atomic mass is 16.5. The zero-order chi connectivity index (χ0) is 11.3. The Labute approximate surface area is 89.1 Å². The van der Waals surface area contributed by atoms with Crippen LogP contribution < -0.4 is 4.74 Å². The van der Waals surface area contributed by atoms with Gasteiger partial charge in [-0.1, -0.05) is 0 Å². The second kappa shape index (κ2) is 5.29. The molecule has 0 aliphatic carbocycles. The summed E-state index contributed by atoms with van der Waals surface area (Å²) < 4.78 is 5.15. The predicted octanol–water partition coefficient (Wildman–Crippen LogP) is 2.03. The van der Waals surface area contributed by atoms with Crippen molar-refractivity contribution in [3.63, 3.8) is 0 Å². The van der Waals surface area contributed by atoms with Crippen molar-refractivity contribution in [3.05, 3.63) is 29.3 Å². The molecule has 0 aromatic heterocycles. The Hall–Kier alpha value is -1.64. The third-order valence-electron chi connectivity index (χ3n) is 2.22. The van der Waals surface area contributed by atoms with Gasteiger partial charge in [0.05, 0.1) is 7.11 Å². The standard InChI is InChI=1S/C12H14O3/c1-9(14)10-5-6-12(15-2)11(8-10)4-3-7-13/h5-8H,3-4H2,1-2H3. The minimum Gasteiger partial charge on any atom is -0.496 e. The minimum absolute atomic E-state index is 0.0185. The van der Waals surface area contributed by atoms with Gasteiger partial charge in [-0.05, 0) is 37.1 Å². The summed E-state index contributed by atoms with van der Waals surface area (Å²) in [7, 11) is 1.58. The van der Waals surface area contributed by atoms with E-state index in [9.17, 15) is 9.59 Å². The Morgan fingerprint density at radius 2 is 2.20 bits per heavy atom. The van der Waals surface area contributed by atoms with Gasteiger partial charge in [0.2, 0.25) is 0 Å². The third kappa shape index (κ3) is 2.91. The van der Waals surface area contributed by atoms with E-state index in [2.05, 4.69) is 0 Å². The van der Waals surface area contributed by atoms with Crippen LogP contribution >= 0.6 is 0 Å². The number of aldehydes is 1. The molecule has 0 heterocycles. The molecule has 0 saturated carbocycles. The monoisotopic (exact) mass is 206 g/mol. The second-order valence-corrected chi connectivity index (χ2v) is 3.29. The fraction of sp³-hybridized carbons (Fsp3) is 0.333. The molecule has 0 aliphatic heterocycles. The van der Waals surface area contributed by atoms with Crippen molar-refractivity contribution in [2.24, 2.45) is 0 Å². The van der Waals surface area contributed by atoms with Gasteiger partial charge in [0.15, 0.2) is 5.78 Å². The van der Waals surface area contributed by atoms with Crippen LogP contribution in [0.3, 0.4) is 0 Å². The number of ether oxygens (including phenoxy) is 1. The van der Waals surface area contributed by atoms with Crippen molar-refractivity contribution in [1.82, 2.24) is 0 Å². The quantitative estimate of drug-likeness (QED) is 0.547. The Morgan fingerprint density at radius 3 is 2.73 bits per heavy atom. The SMILES string of the molecule is COc1ccc(C(C)=O)cc1CCC=O. The average Bonchev–Trinajstić information content (AvgIpc) is 2.25. The number of ketones is 1. The Morgan fingerprint density at radius 1 is 1.47 bits per heavy atom. The summed E-state index contributed by atoms with van der Waals surface area (Å²) in [5.41, 5.74) is 1.55. The van der Waals surface area contributed by atoms with E-state index in [0.29, 0.717) is 18.4 Å². The molecule has 0 bridgehead atoms. The lowest BCUT2D eigenvalue weighted by molar-refractivity contribution is -0.107. The summed E-state index contributed by atoms with van der Waals surface area (Å²) in [6.07, 6.45) is 1.91. The molecule has 0 atom stereocenters. The van der Waals surface area contributed by atoms with Crippen LogP contribution in [0.1, 0.15) is 29.3 Å². The van der Waals surface area contributed by atoms with Gasteiger partial charge >= 0.3 is 0 Å². The zero-order valence-corrected chi connectivity index (χ0v) is 8.95. The molecule has 1 aromatic carbocycles. The number of Topliss-reactive ketones (excluding diaryl/α,β-unsaturated/α-hetero) is 1. The first-order valence-electron chi connectivity index (χ1n) is 4.80. The normalized spacial score (nSPS) is 9.73. The highest BCUT2D eigenvalue weighted by Gasteiger charge is 2.06. The van der Waals surface area contributed by atoms with Crippen LogP contribution in [0.25, 0.3) is 0 Å². The van der Waals surface area contributed by atoms with E-state index >= 15 is 0 Å². The van der Waals surface area contributed by atoms with Crippen LogP contribution in [0.4, 0.5) is 0 Å². The van der Waals surface area contributed by atoms with Gasteiger partial charge in [-0.3, -0.25) is 4.79 Å². The molecule has 0 unspecified atom stereocenters. The van der Waals surface area contributed by atoms with E-state index in [-0.39, 0.29) is 5.78 Å². The maximum atomic E-state index is 11.2. The van der Waals surface area contributed by atoms with Crippen molar-refractivity contribution in [1.29, 1.82) is 0 Å². The molecule has 0 fully saturated rings. The minimum atomic E-state index is 0.0185. The first-order chi connectivity index (χ1) is 7.19. The predicted molar refractivity (Wildman–Crippen MR) is 57.4 cm³/mol. The van der Waals surface area contributed by atoms with Crippen LogP contribution in [0, 0.1) is 0 Å². The van der Waals surface area contributed by atoms with Crippen LogP contribution in [0.2, 0.25) is 0 Å². The molecule has 1 aromatic rings. The molecule has 0 saturated heterocycles. The van der Waals surface area contributed by atoms with Crippen molar-refractivity contribution in [2.45, 2.75) is 19.8 Å². The molecule has 15 heavy (non-hydrogen) atoms.